The minimum absolute atomic E-state index is 0.0849. The van der Waals surface area contributed by atoms with Gasteiger partial charge in [-0.25, -0.2) is 0 Å². The Kier molecular flexibility index (Phi) is 45.9. The summed E-state index contributed by atoms with van der Waals surface area (Å²) in [6, 6.07) is 0. The van der Waals surface area contributed by atoms with Gasteiger partial charge in [-0.05, 0) is 103 Å². The summed E-state index contributed by atoms with van der Waals surface area (Å²) >= 11 is 0. The molecule has 0 aliphatic rings. The van der Waals surface area contributed by atoms with Crippen molar-refractivity contribution in [1.82, 2.24) is 0 Å². The molecular formula is C53H94O6. The lowest BCUT2D eigenvalue weighted by Crippen LogP contribution is -2.30. The zero-order chi connectivity index (χ0) is 43.0. The van der Waals surface area contributed by atoms with Gasteiger partial charge in [0.1, 0.15) is 13.2 Å². The second-order valence-corrected chi connectivity index (χ2v) is 16.7. The monoisotopic (exact) mass is 827 g/mol. The van der Waals surface area contributed by atoms with Gasteiger partial charge in [0.05, 0.1) is 0 Å². The van der Waals surface area contributed by atoms with E-state index in [1.54, 1.807) is 0 Å². The Morgan fingerprint density at radius 3 is 0.983 bits per heavy atom. The van der Waals surface area contributed by atoms with Crippen LogP contribution in [0.4, 0.5) is 0 Å². The average molecular weight is 827 g/mol. The summed E-state index contributed by atoms with van der Waals surface area (Å²) in [4.78, 5) is 37.9. The normalized spacial score (nSPS) is 12.4. The number of unbranched alkanes of at least 4 members (excludes halogenated alkanes) is 26. The van der Waals surface area contributed by atoms with Crippen LogP contribution in [0.15, 0.2) is 48.6 Å². The smallest absolute Gasteiger partial charge is 0.306 e. The first-order valence-corrected chi connectivity index (χ1v) is 25.1. The van der Waals surface area contributed by atoms with E-state index in [-0.39, 0.29) is 31.1 Å². The molecule has 0 unspecified atom stereocenters. The summed E-state index contributed by atoms with van der Waals surface area (Å²) < 4.78 is 16.7. The molecule has 59 heavy (non-hydrogen) atoms. The van der Waals surface area contributed by atoms with Gasteiger partial charge in [0, 0.05) is 19.3 Å². The molecule has 0 fully saturated rings. The number of carbonyl (C=O) groups is 3. The maximum Gasteiger partial charge on any atom is 0.306 e. The fraction of sp³-hybridized carbons (Fsp3) is 0.792. The van der Waals surface area contributed by atoms with E-state index in [0.717, 1.165) is 96.3 Å². The first-order valence-electron chi connectivity index (χ1n) is 25.1. The third-order valence-corrected chi connectivity index (χ3v) is 10.8. The predicted octanol–water partition coefficient (Wildman–Crippen LogP) is 16.3. The fourth-order valence-corrected chi connectivity index (χ4v) is 6.93. The van der Waals surface area contributed by atoms with Gasteiger partial charge >= 0.3 is 17.9 Å². The van der Waals surface area contributed by atoms with Crippen LogP contribution in [0.3, 0.4) is 0 Å². The van der Waals surface area contributed by atoms with Crippen molar-refractivity contribution >= 4 is 17.9 Å². The summed E-state index contributed by atoms with van der Waals surface area (Å²) in [6.45, 7) is 6.56. The molecule has 0 aromatic rings. The Morgan fingerprint density at radius 1 is 0.339 bits per heavy atom. The number of hydrogen-bond acceptors (Lipinski definition) is 6. The van der Waals surface area contributed by atoms with E-state index in [9.17, 15) is 14.4 Å². The quantitative estimate of drug-likeness (QED) is 0.0263. The van der Waals surface area contributed by atoms with Crippen molar-refractivity contribution in [2.75, 3.05) is 13.2 Å². The Bertz CT molecular complexity index is 1040. The van der Waals surface area contributed by atoms with E-state index in [0.29, 0.717) is 19.3 Å². The molecule has 0 spiro atoms. The van der Waals surface area contributed by atoms with Crippen LogP contribution in [0, 0.1) is 0 Å². The molecule has 0 N–H and O–H groups in total. The molecule has 0 amide bonds. The number of rotatable bonds is 45. The number of esters is 3. The topological polar surface area (TPSA) is 78.9 Å². The maximum absolute atomic E-state index is 12.8. The summed E-state index contributed by atoms with van der Waals surface area (Å²) in [5.41, 5.74) is 0. The first-order chi connectivity index (χ1) is 29.0. The Morgan fingerprint density at radius 2 is 0.610 bits per heavy atom. The van der Waals surface area contributed by atoms with Crippen LogP contribution in [0.2, 0.25) is 0 Å². The van der Waals surface area contributed by atoms with E-state index in [1.165, 1.54) is 116 Å². The van der Waals surface area contributed by atoms with Crippen LogP contribution >= 0.6 is 0 Å². The van der Waals surface area contributed by atoms with Crippen LogP contribution in [0.5, 0.6) is 0 Å². The Labute approximate surface area is 365 Å². The molecule has 0 bridgehead atoms. The average Bonchev–Trinajstić information content (AvgIpc) is 3.23. The van der Waals surface area contributed by atoms with Gasteiger partial charge in [0.25, 0.3) is 0 Å². The molecule has 0 aromatic carbocycles. The molecule has 1 atom stereocenters. The largest absolute Gasteiger partial charge is 0.462 e. The van der Waals surface area contributed by atoms with E-state index in [4.69, 9.17) is 14.2 Å². The highest BCUT2D eigenvalue weighted by Crippen LogP contribution is 2.14. The van der Waals surface area contributed by atoms with E-state index in [1.807, 2.05) is 0 Å². The van der Waals surface area contributed by atoms with Gasteiger partial charge in [-0.3, -0.25) is 14.4 Å². The lowest BCUT2D eigenvalue weighted by atomic mass is 10.1. The van der Waals surface area contributed by atoms with Crippen molar-refractivity contribution in [3.8, 4) is 0 Å². The number of allylic oxidation sites excluding steroid dienone is 8. The van der Waals surface area contributed by atoms with Crippen LogP contribution in [-0.2, 0) is 28.6 Å². The molecule has 0 radical (unpaired) electrons. The van der Waals surface area contributed by atoms with Crippen molar-refractivity contribution in [1.29, 1.82) is 0 Å². The lowest BCUT2D eigenvalue weighted by Gasteiger charge is -2.18. The van der Waals surface area contributed by atoms with Crippen molar-refractivity contribution in [2.24, 2.45) is 0 Å². The molecule has 342 valence electrons. The molecule has 0 saturated carbocycles. The highest BCUT2D eigenvalue weighted by molar-refractivity contribution is 5.71. The van der Waals surface area contributed by atoms with E-state index >= 15 is 0 Å². The molecule has 0 aliphatic heterocycles. The van der Waals surface area contributed by atoms with Gasteiger partial charge in [-0.2, -0.15) is 0 Å². The second kappa shape index (κ2) is 48.0. The van der Waals surface area contributed by atoms with Crippen LogP contribution in [0.25, 0.3) is 0 Å². The third-order valence-electron chi connectivity index (χ3n) is 10.8. The van der Waals surface area contributed by atoms with E-state index < -0.39 is 6.10 Å². The molecular weight excluding hydrogens is 733 g/mol. The summed E-state index contributed by atoms with van der Waals surface area (Å²) in [5.74, 6) is -0.912. The predicted molar refractivity (Wildman–Crippen MR) is 252 cm³/mol. The highest BCUT2D eigenvalue weighted by Gasteiger charge is 2.19. The standard InChI is InChI=1S/C53H94O6/c1-4-7-10-13-16-19-22-25-26-29-31-34-37-40-43-46-52(55)58-49-50(59-53(56)47-44-41-38-35-32-28-24-21-18-15-12-9-6-3)48-57-51(54)45-42-39-36-33-30-27-23-20-17-14-11-8-5-2/h16,19-21,23-26,50H,4-15,17-18,22,27-49H2,1-3H3/t50-/m1/s1. The van der Waals surface area contributed by atoms with Crippen molar-refractivity contribution < 1.29 is 28.6 Å². The molecule has 0 aromatic heterocycles. The van der Waals surface area contributed by atoms with Gasteiger partial charge < -0.3 is 14.2 Å². The number of ether oxygens (including phenoxy) is 3. The SMILES string of the molecule is CCCCCC=CCC=CCCCCCCCC(=O)OC[C@@H](COC(=O)CCCCCCCC=CCCCCCC)OC(=O)CCCCCCCC=CCCCCCC. The molecule has 6 nitrogen and oxygen atoms in total. The molecule has 0 rings (SSSR count). The zero-order valence-electron chi connectivity index (χ0n) is 39.0. The summed E-state index contributed by atoms with van der Waals surface area (Å²) in [7, 11) is 0. The number of carbonyl (C=O) groups excluding carboxylic acids is 3. The van der Waals surface area contributed by atoms with Gasteiger partial charge in [-0.15, -0.1) is 0 Å². The zero-order valence-corrected chi connectivity index (χ0v) is 39.0. The van der Waals surface area contributed by atoms with E-state index in [2.05, 4.69) is 69.4 Å². The van der Waals surface area contributed by atoms with Crippen LogP contribution < -0.4 is 0 Å². The van der Waals surface area contributed by atoms with Crippen LogP contribution in [0.1, 0.15) is 252 Å². The Hall–Kier alpha value is -2.63. The maximum atomic E-state index is 12.8. The summed E-state index contributed by atoms with van der Waals surface area (Å²) in [5, 5.41) is 0. The second-order valence-electron chi connectivity index (χ2n) is 16.7. The fourth-order valence-electron chi connectivity index (χ4n) is 6.93. The lowest BCUT2D eigenvalue weighted by molar-refractivity contribution is -0.167. The van der Waals surface area contributed by atoms with Gasteiger partial charge in [0.2, 0.25) is 0 Å². The first kappa shape index (κ1) is 56.4. The molecule has 0 aliphatic carbocycles. The molecule has 6 heteroatoms. The van der Waals surface area contributed by atoms with Crippen molar-refractivity contribution in [3.63, 3.8) is 0 Å². The van der Waals surface area contributed by atoms with Crippen molar-refractivity contribution in [3.05, 3.63) is 48.6 Å². The van der Waals surface area contributed by atoms with Crippen molar-refractivity contribution in [2.45, 2.75) is 258 Å². The number of hydrogen-bond donors (Lipinski definition) is 0. The molecule has 0 saturated heterocycles. The molecule has 0 heterocycles. The van der Waals surface area contributed by atoms with Gasteiger partial charge in [-0.1, -0.05) is 179 Å². The van der Waals surface area contributed by atoms with Gasteiger partial charge in [0.15, 0.2) is 6.10 Å². The minimum Gasteiger partial charge on any atom is -0.462 e. The summed E-state index contributed by atoms with van der Waals surface area (Å²) in [6.07, 6.45) is 56.6. The third kappa shape index (κ3) is 46.3. The minimum atomic E-state index is -0.784. The van der Waals surface area contributed by atoms with Crippen LogP contribution in [-0.4, -0.2) is 37.2 Å². The Balaban J connectivity index is 4.42. The highest BCUT2D eigenvalue weighted by atomic mass is 16.6.